The van der Waals surface area contributed by atoms with Crippen LogP contribution in [0.1, 0.15) is 17.7 Å². The van der Waals surface area contributed by atoms with E-state index in [1.807, 2.05) is 0 Å². The van der Waals surface area contributed by atoms with Gasteiger partial charge in [-0.15, -0.1) is 6.54 Å². The van der Waals surface area contributed by atoms with Gasteiger partial charge in [-0.05, 0) is 30.3 Å². The number of halogens is 5. The molecule has 4 N–H and O–H groups in total. The fourth-order valence-corrected chi connectivity index (χ4v) is 3.41. The first-order valence-electron chi connectivity index (χ1n) is 9.28. The van der Waals surface area contributed by atoms with Crippen molar-refractivity contribution < 1.29 is 37.4 Å². The van der Waals surface area contributed by atoms with Gasteiger partial charge in [0.1, 0.15) is 17.2 Å². The van der Waals surface area contributed by atoms with Gasteiger partial charge in [-0.2, -0.15) is 13.2 Å². The van der Waals surface area contributed by atoms with E-state index in [0.717, 1.165) is 17.2 Å². The second-order valence-electron chi connectivity index (χ2n) is 7.14. The second kappa shape index (κ2) is 8.96. The van der Waals surface area contributed by atoms with Crippen LogP contribution in [0.5, 0.6) is 0 Å². The first kappa shape index (κ1) is 24.4. The van der Waals surface area contributed by atoms with E-state index < -0.39 is 29.3 Å². The van der Waals surface area contributed by atoms with Gasteiger partial charge in [-0.25, -0.2) is 14.2 Å². The van der Waals surface area contributed by atoms with Gasteiger partial charge in [0.2, 0.25) is 5.60 Å². The molecule has 1 aromatic carbocycles. The van der Waals surface area contributed by atoms with Crippen LogP contribution in [0.4, 0.5) is 23.2 Å². The molecule has 1 unspecified atom stereocenters. The molecule has 0 radical (unpaired) electrons. The topological polar surface area (TPSA) is 130 Å². The molecule has 176 valence electrons. The Morgan fingerprint density at radius 1 is 1.27 bits per heavy atom. The van der Waals surface area contributed by atoms with E-state index in [9.17, 15) is 32.3 Å². The van der Waals surface area contributed by atoms with E-state index >= 15 is 0 Å². The summed E-state index contributed by atoms with van der Waals surface area (Å²) in [6.45, 7) is -0.0111. The maximum absolute atomic E-state index is 12.7. The van der Waals surface area contributed by atoms with E-state index in [4.69, 9.17) is 22.4 Å². The molecule has 8 nitrogen and oxygen atoms in total. The molecule has 1 aliphatic heterocycles. The summed E-state index contributed by atoms with van der Waals surface area (Å²) in [6, 6.07) is 6.23. The highest BCUT2D eigenvalue weighted by atomic mass is 35.5. The number of rotatable bonds is 3. The molecule has 3 aromatic rings. The average Bonchev–Trinajstić information content (AvgIpc) is 3.29. The lowest BCUT2D eigenvalue weighted by Gasteiger charge is -2.18. The number of H-pyrrole nitrogens is 1. The van der Waals surface area contributed by atoms with E-state index in [-0.39, 0.29) is 42.0 Å². The van der Waals surface area contributed by atoms with E-state index in [0.29, 0.717) is 10.6 Å². The van der Waals surface area contributed by atoms with Crippen molar-refractivity contribution in [2.75, 3.05) is 11.4 Å². The molecular weight excluding hydrogens is 472 g/mol. The molecule has 0 aliphatic carbocycles. The van der Waals surface area contributed by atoms with Crippen LogP contribution >= 0.6 is 11.6 Å². The van der Waals surface area contributed by atoms with Crippen molar-refractivity contribution in [3.63, 3.8) is 0 Å². The summed E-state index contributed by atoms with van der Waals surface area (Å²) < 4.78 is 50.4. The average molecular weight is 488 g/mol. The van der Waals surface area contributed by atoms with Gasteiger partial charge in [0.05, 0.1) is 11.9 Å². The number of aromatic nitrogens is 2. The molecule has 0 bridgehead atoms. The number of carbonyl (C=O) groups excluding carboxylic acids is 1. The Kier molecular flexibility index (Phi) is 6.63. The summed E-state index contributed by atoms with van der Waals surface area (Å²) in [6.07, 6.45) is -3.74. The van der Waals surface area contributed by atoms with Crippen LogP contribution in [-0.4, -0.2) is 44.2 Å². The number of pyridine rings is 1. The molecule has 2 aromatic heterocycles. The largest absolute Gasteiger partial charge is 0.674 e. The third-order valence-corrected chi connectivity index (χ3v) is 5.07. The van der Waals surface area contributed by atoms with Crippen molar-refractivity contribution in [3.05, 3.63) is 64.4 Å². The maximum Gasteiger partial charge on any atom is 0.431 e. The number of aliphatic hydroxyl groups is 1. The van der Waals surface area contributed by atoms with Crippen molar-refractivity contribution in [2.24, 2.45) is 0 Å². The number of fused-ring (bicyclic) bond motifs is 1. The van der Waals surface area contributed by atoms with E-state index in [1.165, 1.54) is 18.2 Å². The maximum atomic E-state index is 12.7. The number of anilines is 1. The number of hydrogen-bond acceptors (Lipinski definition) is 4. The van der Waals surface area contributed by atoms with Crippen molar-refractivity contribution >= 4 is 40.2 Å². The summed E-state index contributed by atoms with van der Waals surface area (Å²) in [4.78, 5) is 30.0. The molecule has 13 heteroatoms. The standard InChI is InChI=1S/C13H10F3N3O4.C7H6ClFN/c14-13(15,16)8-4-6-3-7(5-17-9(6)18-8)19-2-1-12(23,10(19)20)11(21)22;8-6-1-5(4-10)2-7(9)3-6/h3-5,23H,1-2H2,(H,17,18)(H,21,22);1-3,10H,4H2/q;-1. The monoisotopic (exact) mass is 487 g/mol. The Hall–Kier alpha value is -3.22. The molecular formula is C20H16ClF4N4O4-. The highest BCUT2D eigenvalue weighted by Gasteiger charge is 2.52. The number of hydrogen-bond donors (Lipinski definition) is 3. The molecule has 1 amide bonds. The van der Waals surface area contributed by atoms with E-state index in [1.54, 1.807) is 6.07 Å². The molecule has 1 saturated heterocycles. The quantitative estimate of drug-likeness (QED) is 0.377. The van der Waals surface area contributed by atoms with Gasteiger partial charge >= 0.3 is 12.1 Å². The van der Waals surface area contributed by atoms with Crippen LogP contribution in [0, 0.1) is 5.82 Å². The van der Waals surface area contributed by atoms with Crippen molar-refractivity contribution in [2.45, 2.75) is 24.7 Å². The summed E-state index contributed by atoms with van der Waals surface area (Å²) >= 11 is 5.51. The molecule has 1 aliphatic rings. The second-order valence-corrected chi connectivity index (χ2v) is 7.58. The number of aromatic amines is 1. The van der Waals surface area contributed by atoms with Gasteiger partial charge < -0.3 is 25.8 Å². The number of carboxylic acids is 1. The Bertz CT molecular complexity index is 1200. The zero-order valence-corrected chi connectivity index (χ0v) is 17.3. The van der Waals surface area contributed by atoms with Gasteiger partial charge in [0, 0.05) is 23.4 Å². The minimum Gasteiger partial charge on any atom is -0.674 e. The first-order chi connectivity index (χ1) is 15.3. The lowest BCUT2D eigenvalue weighted by Crippen LogP contribution is -2.46. The van der Waals surface area contributed by atoms with Crippen LogP contribution in [0.3, 0.4) is 0 Å². The van der Waals surface area contributed by atoms with Crippen LogP contribution < -0.4 is 4.90 Å². The first-order valence-corrected chi connectivity index (χ1v) is 9.66. The normalized spacial score (nSPS) is 18.4. The Labute approximate surface area is 188 Å². The minimum absolute atomic E-state index is 0.0128. The third kappa shape index (κ3) is 5.07. The third-order valence-electron chi connectivity index (χ3n) is 4.85. The molecule has 1 fully saturated rings. The van der Waals surface area contributed by atoms with Crippen LogP contribution in [0.15, 0.2) is 36.5 Å². The van der Waals surface area contributed by atoms with Crippen LogP contribution in [0.2, 0.25) is 5.02 Å². The number of nitrogens with one attached hydrogen (secondary N) is 2. The predicted octanol–water partition coefficient (Wildman–Crippen LogP) is 4.17. The fraction of sp³-hybridized carbons (Fsp3) is 0.250. The van der Waals surface area contributed by atoms with E-state index in [2.05, 4.69) is 9.97 Å². The molecule has 4 rings (SSSR count). The van der Waals surface area contributed by atoms with Crippen molar-refractivity contribution in [3.8, 4) is 0 Å². The summed E-state index contributed by atoms with van der Waals surface area (Å²) in [7, 11) is 0. The lowest BCUT2D eigenvalue weighted by molar-refractivity contribution is -0.162. The Balaban J connectivity index is 0.000000257. The fourth-order valence-electron chi connectivity index (χ4n) is 3.17. The molecule has 33 heavy (non-hydrogen) atoms. The summed E-state index contributed by atoms with van der Waals surface area (Å²) in [5.41, 5.74) is 4.12. The Morgan fingerprint density at radius 3 is 2.52 bits per heavy atom. The number of carbonyl (C=O) groups is 2. The Morgan fingerprint density at radius 2 is 1.97 bits per heavy atom. The smallest absolute Gasteiger partial charge is 0.431 e. The highest BCUT2D eigenvalue weighted by molar-refractivity contribution is 6.30. The minimum atomic E-state index is -4.56. The van der Waals surface area contributed by atoms with Gasteiger partial charge in [-0.1, -0.05) is 17.2 Å². The molecule has 1 atom stereocenters. The summed E-state index contributed by atoms with van der Waals surface area (Å²) in [5.74, 6) is -3.09. The number of amides is 1. The number of nitrogens with zero attached hydrogens (tertiary/aromatic N) is 2. The van der Waals surface area contributed by atoms with Crippen molar-refractivity contribution in [1.29, 1.82) is 0 Å². The number of aliphatic carboxylic acids is 1. The number of alkyl halides is 3. The van der Waals surface area contributed by atoms with Crippen LogP contribution in [-0.2, 0) is 22.3 Å². The van der Waals surface area contributed by atoms with Crippen LogP contribution in [0.25, 0.3) is 16.8 Å². The lowest BCUT2D eigenvalue weighted by atomic mass is 10.0. The van der Waals surface area contributed by atoms with Gasteiger partial charge in [0.15, 0.2) is 0 Å². The molecule has 0 spiro atoms. The zero-order chi connectivity index (χ0) is 24.6. The predicted molar refractivity (Wildman–Crippen MR) is 110 cm³/mol. The van der Waals surface area contributed by atoms with Crippen molar-refractivity contribution in [1.82, 2.24) is 9.97 Å². The molecule has 0 saturated carbocycles. The zero-order valence-electron chi connectivity index (χ0n) is 16.6. The number of benzene rings is 1. The highest BCUT2D eigenvalue weighted by Crippen LogP contribution is 2.33. The van der Waals surface area contributed by atoms with Gasteiger partial charge in [0.25, 0.3) is 5.91 Å². The SMILES string of the molecule is O=C(O)C1(O)CCN(c2cnc3[nH]c(C(F)(F)F)cc3c2)C1=O.[NH-]Cc1cc(F)cc(Cl)c1. The summed E-state index contributed by atoms with van der Waals surface area (Å²) in [5, 5.41) is 19.2. The van der Waals surface area contributed by atoms with Gasteiger partial charge in [-0.3, -0.25) is 4.79 Å². The number of carboxylic acid groups (broad SMARTS) is 1. The molecule has 3 heterocycles.